The Kier molecular flexibility index (Phi) is 3.81. The molecule has 8 heteroatoms. The highest BCUT2D eigenvalue weighted by atomic mass is 19.1. The van der Waals surface area contributed by atoms with Crippen molar-refractivity contribution in [3.8, 4) is 0 Å². The van der Waals surface area contributed by atoms with Crippen LogP contribution in [-0.2, 0) is 4.74 Å². The molecule has 1 aliphatic heterocycles. The third-order valence-electron chi connectivity index (χ3n) is 3.76. The average molecular weight is 287 g/mol. The Morgan fingerprint density at radius 3 is 2.75 bits per heavy atom. The summed E-state index contributed by atoms with van der Waals surface area (Å²) in [5.41, 5.74) is 3.14. The number of hydrogen-bond acceptors (Lipinski definition) is 6. The Labute approximate surface area is 114 Å². The van der Waals surface area contributed by atoms with Crippen LogP contribution >= 0.6 is 0 Å². The van der Waals surface area contributed by atoms with Crippen LogP contribution in [0.3, 0.4) is 0 Å². The average Bonchev–Trinajstić information content (AvgIpc) is 2.64. The highest BCUT2D eigenvalue weighted by Gasteiger charge is 2.57. The Morgan fingerprint density at radius 1 is 1.65 bits per heavy atom. The van der Waals surface area contributed by atoms with E-state index in [1.807, 2.05) is 0 Å². The van der Waals surface area contributed by atoms with Gasteiger partial charge >= 0.3 is 5.69 Å². The Bertz CT molecular complexity index is 550. The second-order valence-electron chi connectivity index (χ2n) is 5.21. The standard InChI is InChI=1S/C12H18FN3O4/c1-6(2)12(5-17)9(18)8(13)10(20-12)16-4-3-7(14)15-11(16)19/h3-4,6,8-10,17-18H,5H2,1-2H3,(H2,14,15,19)/t8-,9-,10+,12-/m0/s1. The first-order valence-electron chi connectivity index (χ1n) is 6.29. The summed E-state index contributed by atoms with van der Waals surface area (Å²) in [6.07, 6.45) is -3.49. The summed E-state index contributed by atoms with van der Waals surface area (Å²) >= 11 is 0. The van der Waals surface area contributed by atoms with Gasteiger partial charge in [0.15, 0.2) is 12.4 Å². The van der Waals surface area contributed by atoms with Crippen molar-refractivity contribution >= 4 is 5.82 Å². The SMILES string of the molecule is CC(C)[C@]1(CO)O[C@@H](n2ccc(N)nc2=O)[C@@H](F)[C@@H]1O. The minimum atomic E-state index is -1.85. The van der Waals surface area contributed by atoms with E-state index >= 15 is 0 Å². The molecule has 1 aromatic rings. The van der Waals surface area contributed by atoms with E-state index < -0.39 is 36.4 Å². The summed E-state index contributed by atoms with van der Waals surface area (Å²) in [4.78, 5) is 15.2. The number of aliphatic hydroxyl groups excluding tert-OH is 2. The first-order valence-corrected chi connectivity index (χ1v) is 6.29. The van der Waals surface area contributed by atoms with Crippen molar-refractivity contribution in [1.82, 2.24) is 9.55 Å². The maximum Gasteiger partial charge on any atom is 0.351 e. The molecule has 4 N–H and O–H groups in total. The zero-order valence-electron chi connectivity index (χ0n) is 11.2. The van der Waals surface area contributed by atoms with Crippen LogP contribution in [0.15, 0.2) is 17.1 Å². The van der Waals surface area contributed by atoms with Crippen molar-refractivity contribution in [2.75, 3.05) is 12.3 Å². The van der Waals surface area contributed by atoms with E-state index in [2.05, 4.69) is 4.98 Å². The second-order valence-corrected chi connectivity index (χ2v) is 5.21. The number of halogens is 1. The molecule has 0 aliphatic carbocycles. The van der Waals surface area contributed by atoms with Crippen LogP contribution in [0, 0.1) is 5.92 Å². The van der Waals surface area contributed by atoms with Gasteiger partial charge in [0.2, 0.25) is 0 Å². The van der Waals surface area contributed by atoms with Gasteiger partial charge < -0.3 is 20.7 Å². The molecule has 1 fully saturated rings. The number of aliphatic hydroxyl groups is 2. The largest absolute Gasteiger partial charge is 0.393 e. The van der Waals surface area contributed by atoms with Crippen molar-refractivity contribution in [2.45, 2.75) is 38.0 Å². The Hall–Kier alpha value is -1.51. The smallest absolute Gasteiger partial charge is 0.351 e. The van der Waals surface area contributed by atoms with Gasteiger partial charge in [0.05, 0.1) is 6.61 Å². The lowest BCUT2D eigenvalue weighted by atomic mass is 9.85. The molecule has 0 radical (unpaired) electrons. The molecular formula is C12H18FN3O4. The van der Waals surface area contributed by atoms with Gasteiger partial charge in [-0.25, -0.2) is 9.18 Å². The zero-order chi connectivity index (χ0) is 15.1. The van der Waals surface area contributed by atoms with E-state index in [1.54, 1.807) is 13.8 Å². The number of nitrogens with two attached hydrogens (primary N) is 1. The van der Waals surface area contributed by atoms with E-state index in [4.69, 9.17) is 10.5 Å². The summed E-state index contributed by atoms with van der Waals surface area (Å²) in [6, 6.07) is 1.33. The fourth-order valence-electron chi connectivity index (χ4n) is 2.41. The number of anilines is 1. The molecule has 0 saturated carbocycles. The molecule has 0 aromatic carbocycles. The predicted octanol–water partition coefficient (Wildman–Crippen LogP) is -0.560. The number of aromatic nitrogens is 2. The Morgan fingerprint density at radius 2 is 2.30 bits per heavy atom. The first kappa shape index (κ1) is 14.9. The van der Waals surface area contributed by atoms with Gasteiger partial charge in [-0.15, -0.1) is 0 Å². The number of rotatable bonds is 3. The normalized spacial score (nSPS) is 33.8. The molecule has 7 nitrogen and oxygen atoms in total. The van der Waals surface area contributed by atoms with E-state index in [9.17, 15) is 19.4 Å². The molecule has 0 spiro atoms. The molecule has 4 atom stereocenters. The maximum atomic E-state index is 14.3. The van der Waals surface area contributed by atoms with Crippen LogP contribution in [0.2, 0.25) is 0 Å². The molecule has 1 aliphatic rings. The summed E-state index contributed by atoms with van der Waals surface area (Å²) < 4.78 is 20.7. The topological polar surface area (TPSA) is 111 Å². The molecule has 112 valence electrons. The molecule has 2 rings (SSSR count). The van der Waals surface area contributed by atoms with Crippen LogP contribution in [0.1, 0.15) is 20.1 Å². The van der Waals surface area contributed by atoms with E-state index in [-0.39, 0.29) is 11.7 Å². The summed E-state index contributed by atoms with van der Waals surface area (Å²) in [6.45, 7) is 2.83. The first-order chi connectivity index (χ1) is 9.33. The minimum absolute atomic E-state index is 0.0116. The molecule has 0 bridgehead atoms. The van der Waals surface area contributed by atoms with Crippen molar-refractivity contribution in [2.24, 2.45) is 5.92 Å². The third kappa shape index (κ3) is 2.09. The number of hydrogen-bond donors (Lipinski definition) is 3. The van der Waals surface area contributed by atoms with Gasteiger partial charge in [0.1, 0.15) is 17.5 Å². The van der Waals surface area contributed by atoms with Crippen LogP contribution in [0.4, 0.5) is 10.2 Å². The fraction of sp³-hybridized carbons (Fsp3) is 0.667. The lowest BCUT2D eigenvalue weighted by Gasteiger charge is -2.33. The predicted molar refractivity (Wildman–Crippen MR) is 68.6 cm³/mol. The lowest BCUT2D eigenvalue weighted by Crippen LogP contribution is -2.49. The lowest BCUT2D eigenvalue weighted by molar-refractivity contribution is -0.153. The van der Waals surface area contributed by atoms with Gasteiger partial charge in [-0.05, 0) is 12.0 Å². The molecular weight excluding hydrogens is 269 g/mol. The van der Waals surface area contributed by atoms with Gasteiger partial charge in [-0.3, -0.25) is 4.57 Å². The van der Waals surface area contributed by atoms with Crippen molar-refractivity contribution in [3.63, 3.8) is 0 Å². The zero-order valence-corrected chi connectivity index (χ0v) is 11.2. The molecule has 1 aromatic heterocycles. The van der Waals surface area contributed by atoms with Crippen LogP contribution < -0.4 is 11.4 Å². The van der Waals surface area contributed by atoms with Gasteiger partial charge in [0, 0.05) is 6.20 Å². The maximum absolute atomic E-state index is 14.3. The monoisotopic (exact) mass is 287 g/mol. The number of nitrogen functional groups attached to an aromatic ring is 1. The van der Waals surface area contributed by atoms with E-state index in [0.717, 1.165) is 4.57 Å². The van der Waals surface area contributed by atoms with Crippen molar-refractivity contribution in [3.05, 3.63) is 22.7 Å². The van der Waals surface area contributed by atoms with Crippen LogP contribution in [0.5, 0.6) is 0 Å². The summed E-state index contributed by atoms with van der Waals surface area (Å²) in [7, 11) is 0. The quantitative estimate of drug-likeness (QED) is 0.687. The highest BCUT2D eigenvalue weighted by molar-refractivity contribution is 5.23. The minimum Gasteiger partial charge on any atom is -0.393 e. The van der Waals surface area contributed by atoms with E-state index in [0.29, 0.717) is 0 Å². The van der Waals surface area contributed by atoms with Gasteiger partial charge in [0.25, 0.3) is 0 Å². The van der Waals surface area contributed by atoms with Crippen LogP contribution in [-0.4, -0.2) is 44.2 Å². The molecule has 0 amide bonds. The summed E-state index contributed by atoms with van der Waals surface area (Å²) in [5, 5.41) is 19.5. The number of nitrogens with zero attached hydrogens (tertiary/aromatic N) is 2. The second kappa shape index (κ2) is 5.12. The number of alkyl halides is 1. The van der Waals surface area contributed by atoms with E-state index in [1.165, 1.54) is 12.3 Å². The number of ether oxygens (including phenoxy) is 1. The molecule has 2 heterocycles. The molecule has 1 saturated heterocycles. The Balaban J connectivity index is 2.42. The molecule has 0 unspecified atom stereocenters. The van der Waals surface area contributed by atoms with Crippen molar-refractivity contribution < 1.29 is 19.3 Å². The third-order valence-corrected chi connectivity index (χ3v) is 3.76. The van der Waals surface area contributed by atoms with Crippen molar-refractivity contribution in [1.29, 1.82) is 0 Å². The van der Waals surface area contributed by atoms with Gasteiger partial charge in [-0.2, -0.15) is 4.98 Å². The highest BCUT2D eigenvalue weighted by Crippen LogP contribution is 2.42. The van der Waals surface area contributed by atoms with Gasteiger partial charge in [-0.1, -0.05) is 13.8 Å². The summed E-state index contributed by atoms with van der Waals surface area (Å²) in [5.74, 6) is -0.333. The van der Waals surface area contributed by atoms with Crippen LogP contribution in [0.25, 0.3) is 0 Å². The molecule has 20 heavy (non-hydrogen) atoms. The fourth-order valence-corrected chi connectivity index (χ4v) is 2.41.